The van der Waals surface area contributed by atoms with E-state index in [0.29, 0.717) is 22.9 Å². The first-order chi connectivity index (χ1) is 15.3. The zero-order valence-electron chi connectivity index (χ0n) is 17.6. The van der Waals surface area contributed by atoms with Gasteiger partial charge in [-0.3, -0.25) is 9.52 Å². The summed E-state index contributed by atoms with van der Waals surface area (Å²) in [6, 6.07) is 16.7. The summed E-state index contributed by atoms with van der Waals surface area (Å²) in [6.45, 7) is 4.07. The van der Waals surface area contributed by atoms with E-state index in [0.717, 1.165) is 16.7 Å². The number of benzene rings is 3. The summed E-state index contributed by atoms with van der Waals surface area (Å²) in [7, 11) is -3.74. The highest BCUT2D eigenvalue weighted by Crippen LogP contribution is 2.32. The summed E-state index contributed by atoms with van der Waals surface area (Å²) in [5.41, 5.74) is 3.86. The van der Waals surface area contributed by atoms with E-state index in [1.165, 1.54) is 18.2 Å². The monoisotopic (exact) mass is 450 g/mol. The lowest BCUT2D eigenvalue weighted by molar-refractivity contribution is -0.111. The highest BCUT2D eigenvalue weighted by atomic mass is 32.2. The molecule has 0 aromatic heterocycles. The maximum Gasteiger partial charge on any atom is 0.261 e. The minimum absolute atomic E-state index is 0.102. The van der Waals surface area contributed by atoms with Crippen molar-refractivity contribution in [1.29, 1.82) is 0 Å². The molecule has 3 aromatic carbocycles. The van der Waals surface area contributed by atoms with Crippen LogP contribution < -0.4 is 19.5 Å². The number of hydrogen-bond acceptors (Lipinski definition) is 5. The Labute approximate surface area is 186 Å². The molecule has 3 aromatic rings. The molecule has 0 saturated heterocycles. The van der Waals surface area contributed by atoms with Gasteiger partial charge in [0.1, 0.15) is 0 Å². The van der Waals surface area contributed by atoms with Gasteiger partial charge in [0, 0.05) is 17.5 Å². The van der Waals surface area contributed by atoms with Crippen LogP contribution in [0.15, 0.2) is 71.6 Å². The molecule has 0 saturated carbocycles. The maximum absolute atomic E-state index is 12.6. The summed E-state index contributed by atoms with van der Waals surface area (Å²) in [6.07, 6.45) is 3.05. The predicted octanol–water partition coefficient (Wildman–Crippen LogP) is 4.48. The first kappa shape index (κ1) is 21.5. The van der Waals surface area contributed by atoms with Crippen LogP contribution in [-0.4, -0.2) is 21.1 Å². The molecule has 1 aliphatic rings. The molecule has 164 valence electrons. The molecule has 1 aliphatic heterocycles. The smallest absolute Gasteiger partial charge is 0.261 e. The highest BCUT2D eigenvalue weighted by Gasteiger charge is 2.15. The number of fused-ring (bicyclic) bond motifs is 1. The Morgan fingerprint density at radius 2 is 1.59 bits per heavy atom. The van der Waals surface area contributed by atoms with E-state index in [-0.39, 0.29) is 17.6 Å². The number of amides is 1. The molecule has 32 heavy (non-hydrogen) atoms. The molecule has 0 bridgehead atoms. The molecule has 7 nitrogen and oxygen atoms in total. The van der Waals surface area contributed by atoms with Crippen LogP contribution >= 0.6 is 0 Å². The zero-order valence-corrected chi connectivity index (χ0v) is 18.4. The van der Waals surface area contributed by atoms with Gasteiger partial charge >= 0.3 is 0 Å². The van der Waals surface area contributed by atoms with Gasteiger partial charge in [0.2, 0.25) is 12.7 Å². The fraction of sp³-hybridized carbons (Fsp3) is 0.125. The SMILES string of the molecule is Cc1ccc(NS(=O)(=O)c2ccc(NC(=O)/C=C/c3ccc4c(c3)OCO4)cc2)cc1C. The van der Waals surface area contributed by atoms with Gasteiger partial charge in [0.15, 0.2) is 11.5 Å². The van der Waals surface area contributed by atoms with Crippen molar-refractivity contribution in [2.75, 3.05) is 16.8 Å². The van der Waals surface area contributed by atoms with Crippen molar-refractivity contribution in [2.45, 2.75) is 18.7 Å². The summed E-state index contributed by atoms with van der Waals surface area (Å²) < 4.78 is 38.4. The lowest BCUT2D eigenvalue weighted by Crippen LogP contribution is -2.13. The van der Waals surface area contributed by atoms with Gasteiger partial charge in [0.25, 0.3) is 10.0 Å². The van der Waals surface area contributed by atoms with Crippen LogP contribution in [0.2, 0.25) is 0 Å². The molecule has 0 fully saturated rings. The Balaban J connectivity index is 1.39. The lowest BCUT2D eigenvalue weighted by atomic mass is 10.1. The van der Waals surface area contributed by atoms with Gasteiger partial charge in [0.05, 0.1) is 4.90 Å². The topological polar surface area (TPSA) is 93.7 Å². The van der Waals surface area contributed by atoms with Crippen LogP contribution in [0.25, 0.3) is 6.08 Å². The van der Waals surface area contributed by atoms with E-state index in [9.17, 15) is 13.2 Å². The fourth-order valence-corrected chi connectivity index (χ4v) is 4.16. The van der Waals surface area contributed by atoms with Gasteiger partial charge < -0.3 is 14.8 Å². The van der Waals surface area contributed by atoms with Crippen molar-refractivity contribution >= 4 is 33.4 Å². The fourth-order valence-electron chi connectivity index (χ4n) is 3.11. The van der Waals surface area contributed by atoms with Crippen molar-refractivity contribution < 1.29 is 22.7 Å². The van der Waals surface area contributed by atoms with E-state index in [2.05, 4.69) is 10.0 Å². The Kier molecular flexibility index (Phi) is 5.87. The Morgan fingerprint density at radius 3 is 2.34 bits per heavy atom. The van der Waals surface area contributed by atoms with Crippen molar-refractivity contribution in [1.82, 2.24) is 0 Å². The maximum atomic E-state index is 12.6. The minimum atomic E-state index is -3.74. The second-order valence-electron chi connectivity index (χ2n) is 7.36. The molecule has 0 spiro atoms. The number of aryl methyl sites for hydroxylation is 2. The summed E-state index contributed by atoms with van der Waals surface area (Å²) in [4.78, 5) is 12.3. The second-order valence-corrected chi connectivity index (χ2v) is 9.05. The minimum Gasteiger partial charge on any atom is -0.454 e. The molecule has 0 radical (unpaired) electrons. The quantitative estimate of drug-likeness (QED) is 0.540. The first-order valence-electron chi connectivity index (χ1n) is 9.89. The van der Waals surface area contributed by atoms with Crippen LogP contribution in [0, 0.1) is 13.8 Å². The average molecular weight is 451 g/mol. The van der Waals surface area contributed by atoms with Gasteiger partial charge in [-0.1, -0.05) is 12.1 Å². The van der Waals surface area contributed by atoms with E-state index in [1.807, 2.05) is 26.0 Å². The normalized spacial score (nSPS) is 12.7. The Morgan fingerprint density at radius 1 is 0.875 bits per heavy atom. The molecule has 0 atom stereocenters. The molecular formula is C24H22N2O5S. The lowest BCUT2D eigenvalue weighted by Gasteiger charge is -2.10. The standard InChI is InChI=1S/C24H22N2O5S/c1-16-3-6-20(13-17(16)2)26-32(28,29)21-9-7-19(8-10-21)25-24(27)12-5-18-4-11-22-23(14-18)31-15-30-22/h3-14,26H,15H2,1-2H3,(H,25,27)/b12-5+. The van der Waals surface area contributed by atoms with E-state index >= 15 is 0 Å². The van der Waals surface area contributed by atoms with Crippen LogP contribution in [0.5, 0.6) is 11.5 Å². The van der Waals surface area contributed by atoms with E-state index < -0.39 is 10.0 Å². The third-order valence-corrected chi connectivity index (χ3v) is 6.41. The van der Waals surface area contributed by atoms with E-state index in [1.54, 1.807) is 42.5 Å². The molecule has 0 aliphatic carbocycles. The highest BCUT2D eigenvalue weighted by molar-refractivity contribution is 7.92. The van der Waals surface area contributed by atoms with Crippen molar-refractivity contribution in [2.24, 2.45) is 0 Å². The molecule has 4 rings (SSSR count). The van der Waals surface area contributed by atoms with Crippen LogP contribution in [0.4, 0.5) is 11.4 Å². The number of rotatable bonds is 6. The zero-order chi connectivity index (χ0) is 22.7. The number of nitrogens with one attached hydrogen (secondary N) is 2. The Hall–Kier alpha value is -3.78. The largest absolute Gasteiger partial charge is 0.454 e. The number of carbonyl (C=O) groups is 1. The number of ether oxygens (including phenoxy) is 2. The predicted molar refractivity (Wildman–Crippen MR) is 123 cm³/mol. The second kappa shape index (κ2) is 8.76. The number of sulfonamides is 1. The summed E-state index contributed by atoms with van der Waals surface area (Å²) in [5, 5.41) is 2.71. The number of carbonyl (C=O) groups excluding carboxylic acids is 1. The van der Waals surface area contributed by atoms with Crippen molar-refractivity contribution in [3.8, 4) is 11.5 Å². The molecule has 2 N–H and O–H groups in total. The van der Waals surface area contributed by atoms with E-state index in [4.69, 9.17) is 9.47 Å². The molecule has 1 amide bonds. The van der Waals surface area contributed by atoms with Crippen molar-refractivity contribution in [3.05, 3.63) is 83.4 Å². The van der Waals surface area contributed by atoms with Crippen LogP contribution in [0.3, 0.4) is 0 Å². The van der Waals surface area contributed by atoms with Gasteiger partial charge in [-0.25, -0.2) is 8.42 Å². The Bertz CT molecular complexity index is 1300. The third kappa shape index (κ3) is 4.92. The molecule has 1 heterocycles. The molecule has 0 unspecified atom stereocenters. The van der Waals surface area contributed by atoms with Crippen LogP contribution in [-0.2, 0) is 14.8 Å². The third-order valence-electron chi connectivity index (χ3n) is 5.02. The summed E-state index contributed by atoms with van der Waals surface area (Å²) >= 11 is 0. The van der Waals surface area contributed by atoms with Gasteiger partial charge in [-0.2, -0.15) is 0 Å². The average Bonchev–Trinajstić information content (AvgIpc) is 3.23. The molecule has 8 heteroatoms. The molecular weight excluding hydrogens is 428 g/mol. The number of hydrogen-bond donors (Lipinski definition) is 2. The van der Waals surface area contributed by atoms with Crippen LogP contribution in [0.1, 0.15) is 16.7 Å². The van der Waals surface area contributed by atoms with Crippen molar-refractivity contribution in [3.63, 3.8) is 0 Å². The number of anilines is 2. The summed E-state index contributed by atoms with van der Waals surface area (Å²) in [5.74, 6) is 0.971. The van der Waals surface area contributed by atoms with Gasteiger partial charge in [-0.15, -0.1) is 0 Å². The van der Waals surface area contributed by atoms with Gasteiger partial charge in [-0.05, 0) is 85.1 Å². The first-order valence-corrected chi connectivity index (χ1v) is 11.4.